The van der Waals surface area contributed by atoms with Crippen molar-refractivity contribution in [2.75, 3.05) is 49.1 Å². The Kier molecular flexibility index (Phi) is 7.31. The number of piperidine rings is 3. The smallest absolute Gasteiger partial charge is 0.275 e. The molecule has 1 N–H and O–H groups in total. The minimum absolute atomic E-state index is 0.128. The number of rotatable bonds is 5. The highest BCUT2D eigenvalue weighted by Crippen LogP contribution is 2.43. The van der Waals surface area contributed by atoms with E-state index in [1.807, 2.05) is 24.3 Å². The highest BCUT2D eigenvalue weighted by atomic mass is 16.6. The zero-order chi connectivity index (χ0) is 30.4. The number of nitro benzene ring substituents is 1. The number of imide groups is 1. The van der Waals surface area contributed by atoms with Gasteiger partial charge in [-0.2, -0.15) is 5.10 Å². The normalized spacial score (nSPS) is 23.0. The van der Waals surface area contributed by atoms with Gasteiger partial charge in [0.1, 0.15) is 6.04 Å². The van der Waals surface area contributed by atoms with Crippen LogP contribution in [0.25, 0.3) is 10.8 Å². The third-order valence-corrected chi connectivity index (χ3v) is 10.4. The van der Waals surface area contributed by atoms with E-state index in [0.717, 1.165) is 81.7 Å². The summed E-state index contributed by atoms with van der Waals surface area (Å²) in [7, 11) is 0. The molecule has 4 aliphatic heterocycles. The first-order valence-electron chi connectivity index (χ1n) is 15.6. The van der Waals surface area contributed by atoms with Gasteiger partial charge in [-0.15, -0.1) is 0 Å². The summed E-state index contributed by atoms with van der Waals surface area (Å²) < 4.78 is 1.22. The zero-order valence-electron chi connectivity index (χ0n) is 24.7. The number of nitrogens with zero attached hydrogens (tertiary/aromatic N) is 6. The van der Waals surface area contributed by atoms with Crippen LogP contribution in [0.4, 0.5) is 17.1 Å². The van der Waals surface area contributed by atoms with E-state index in [0.29, 0.717) is 16.8 Å². The van der Waals surface area contributed by atoms with Crippen molar-refractivity contribution in [3.05, 3.63) is 69.1 Å². The molecule has 3 aromatic rings. The molecular weight excluding hydrogens is 562 g/mol. The largest absolute Gasteiger partial charge is 0.371 e. The van der Waals surface area contributed by atoms with Gasteiger partial charge in [-0.25, -0.2) is 4.68 Å². The van der Waals surface area contributed by atoms with Crippen molar-refractivity contribution in [3.63, 3.8) is 0 Å². The van der Waals surface area contributed by atoms with Crippen LogP contribution in [0.5, 0.6) is 0 Å². The van der Waals surface area contributed by atoms with Gasteiger partial charge in [0.25, 0.3) is 17.2 Å². The van der Waals surface area contributed by atoms with Gasteiger partial charge in [-0.1, -0.05) is 6.07 Å². The molecule has 0 aliphatic carbocycles. The van der Waals surface area contributed by atoms with E-state index in [9.17, 15) is 24.5 Å². The molecule has 0 bridgehead atoms. The molecule has 1 spiro atoms. The lowest BCUT2D eigenvalue weighted by Crippen LogP contribution is -2.46. The fourth-order valence-electron chi connectivity index (χ4n) is 7.68. The lowest BCUT2D eigenvalue weighted by molar-refractivity contribution is -0.384. The number of benzene rings is 2. The van der Waals surface area contributed by atoms with Crippen LogP contribution in [0.1, 0.15) is 51.0 Å². The minimum Gasteiger partial charge on any atom is -0.371 e. The summed E-state index contributed by atoms with van der Waals surface area (Å²) in [6, 6.07) is 12.6. The van der Waals surface area contributed by atoms with Crippen LogP contribution in [0.15, 0.2) is 53.5 Å². The van der Waals surface area contributed by atoms with Gasteiger partial charge in [0.2, 0.25) is 5.91 Å². The van der Waals surface area contributed by atoms with Gasteiger partial charge >= 0.3 is 0 Å². The lowest BCUT2D eigenvalue weighted by atomic mass is 9.77. The summed E-state index contributed by atoms with van der Waals surface area (Å²) in [5.74, 6) is -0.797. The summed E-state index contributed by atoms with van der Waals surface area (Å²) in [5.41, 5.74) is 2.21. The van der Waals surface area contributed by atoms with Gasteiger partial charge in [0.05, 0.1) is 16.5 Å². The van der Waals surface area contributed by atoms with Crippen molar-refractivity contribution < 1.29 is 14.5 Å². The fraction of sp³-hybridized carbons (Fsp3) is 0.500. The molecule has 2 amide bonds. The molecule has 12 nitrogen and oxygen atoms in total. The molecule has 1 unspecified atom stereocenters. The van der Waals surface area contributed by atoms with Crippen molar-refractivity contribution in [2.45, 2.75) is 57.0 Å². The molecule has 7 rings (SSSR count). The Labute approximate surface area is 254 Å². The third-order valence-electron chi connectivity index (χ3n) is 10.4. The molecule has 4 saturated heterocycles. The maximum atomic E-state index is 13.4. The van der Waals surface area contributed by atoms with Crippen LogP contribution >= 0.6 is 0 Å². The van der Waals surface area contributed by atoms with Crippen LogP contribution < -0.4 is 20.7 Å². The number of nitro groups is 1. The fourth-order valence-corrected chi connectivity index (χ4v) is 7.68. The third kappa shape index (κ3) is 5.31. The second kappa shape index (κ2) is 11.3. The quantitative estimate of drug-likeness (QED) is 0.267. The van der Waals surface area contributed by atoms with E-state index in [4.69, 9.17) is 0 Å². The first kappa shape index (κ1) is 28.5. The number of hydrogen-bond acceptors (Lipinski definition) is 9. The summed E-state index contributed by atoms with van der Waals surface area (Å²) in [4.78, 5) is 55.4. The molecule has 230 valence electrons. The molecule has 44 heavy (non-hydrogen) atoms. The van der Waals surface area contributed by atoms with Gasteiger partial charge in [-0.05, 0) is 74.8 Å². The number of non-ortho nitro benzene ring substituents is 1. The van der Waals surface area contributed by atoms with Crippen molar-refractivity contribution in [1.29, 1.82) is 0 Å². The number of amides is 2. The molecule has 0 saturated carbocycles. The second-order valence-electron chi connectivity index (χ2n) is 12.8. The van der Waals surface area contributed by atoms with Crippen molar-refractivity contribution >= 4 is 39.6 Å². The molecule has 4 aliphatic rings. The Morgan fingerprint density at radius 2 is 1.55 bits per heavy atom. The Hall–Kier alpha value is -4.32. The second-order valence-corrected chi connectivity index (χ2v) is 12.8. The maximum Gasteiger partial charge on any atom is 0.275 e. The molecule has 0 radical (unpaired) electrons. The van der Waals surface area contributed by atoms with E-state index in [1.165, 1.54) is 11.1 Å². The number of carbonyl (C=O) groups excluding carboxylic acids is 2. The SMILES string of the molecule is O=C1CCC(n2ncc3ccc(N4CCC5(CC4)CCN(C4CCN(c6ccc([N+](=O)[O-])cc6)CC4)C5)cc3c2=O)C(=O)N1. The average molecular weight is 600 g/mol. The van der Waals surface area contributed by atoms with Crippen LogP contribution in [0, 0.1) is 15.5 Å². The number of fused-ring (bicyclic) bond motifs is 1. The Balaban J connectivity index is 0.966. The Bertz CT molecular complexity index is 1660. The standard InChI is InChI=1S/C32H37N7O5/c40-29-8-7-28(30(41)34-29)38-31(42)27-19-26(2-1-22(27)20-33-38)36-16-11-32(12-17-36)13-18-37(21-32)24-9-14-35(15-10-24)23-3-5-25(6-4-23)39(43)44/h1-6,19-20,24,28H,7-18,21H2,(H,34,40,41). The molecule has 1 aromatic heterocycles. The van der Waals surface area contributed by atoms with Crippen molar-refractivity contribution in [2.24, 2.45) is 5.41 Å². The number of likely N-dealkylation sites (tertiary alicyclic amines) is 1. The topological polar surface area (TPSA) is 134 Å². The van der Waals surface area contributed by atoms with Crippen LogP contribution in [0.3, 0.4) is 0 Å². The average Bonchev–Trinajstić information content (AvgIpc) is 3.45. The summed E-state index contributed by atoms with van der Waals surface area (Å²) in [5, 5.41) is 18.8. The van der Waals surface area contributed by atoms with Crippen LogP contribution in [0.2, 0.25) is 0 Å². The predicted molar refractivity (Wildman–Crippen MR) is 166 cm³/mol. The van der Waals surface area contributed by atoms with Gasteiger partial charge in [-0.3, -0.25) is 34.7 Å². The van der Waals surface area contributed by atoms with Crippen molar-refractivity contribution in [1.82, 2.24) is 20.0 Å². The minimum atomic E-state index is -0.775. The maximum absolute atomic E-state index is 13.4. The first-order valence-corrected chi connectivity index (χ1v) is 15.6. The number of hydrogen-bond donors (Lipinski definition) is 1. The highest BCUT2D eigenvalue weighted by molar-refractivity contribution is 5.99. The number of aromatic nitrogens is 2. The van der Waals surface area contributed by atoms with E-state index < -0.39 is 11.9 Å². The number of carbonyl (C=O) groups is 2. The van der Waals surface area contributed by atoms with E-state index in [-0.39, 0.29) is 34.9 Å². The van der Waals surface area contributed by atoms with E-state index >= 15 is 0 Å². The summed E-state index contributed by atoms with van der Waals surface area (Å²) >= 11 is 0. The van der Waals surface area contributed by atoms with Gasteiger partial charge < -0.3 is 9.80 Å². The van der Waals surface area contributed by atoms with Gasteiger partial charge in [0.15, 0.2) is 0 Å². The molecule has 4 fully saturated rings. The lowest BCUT2D eigenvalue weighted by Gasteiger charge is -2.42. The van der Waals surface area contributed by atoms with Crippen molar-refractivity contribution in [3.8, 4) is 0 Å². The highest BCUT2D eigenvalue weighted by Gasteiger charge is 2.43. The molecular formula is C32H37N7O5. The monoisotopic (exact) mass is 599 g/mol. The molecule has 5 heterocycles. The van der Waals surface area contributed by atoms with Gasteiger partial charge in [0, 0.05) is 74.1 Å². The zero-order valence-corrected chi connectivity index (χ0v) is 24.7. The van der Waals surface area contributed by atoms with Crippen LogP contribution in [-0.2, 0) is 9.59 Å². The first-order chi connectivity index (χ1) is 21.3. The summed E-state index contributed by atoms with van der Waals surface area (Å²) in [6.07, 6.45) is 7.72. The Morgan fingerprint density at radius 1 is 0.864 bits per heavy atom. The number of anilines is 2. The molecule has 2 aromatic carbocycles. The summed E-state index contributed by atoms with van der Waals surface area (Å²) in [6.45, 7) is 6.05. The Morgan fingerprint density at radius 3 is 2.25 bits per heavy atom. The number of nitrogens with one attached hydrogen (secondary N) is 1. The molecule has 1 atom stereocenters. The van der Waals surface area contributed by atoms with E-state index in [2.05, 4.69) is 31.2 Å². The molecule has 12 heteroatoms. The van der Waals surface area contributed by atoms with Crippen LogP contribution in [-0.4, -0.2) is 76.7 Å². The van der Waals surface area contributed by atoms with E-state index in [1.54, 1.807) is 18.3 Å². The predicted octanol–water partition coefficient (Wildman–Crippen LogP) is 3.24.